The summed E-state index contributed by atoms with van der Waals surface area (Å²) in [6.07, 6.45) is 3.73. The number of aromatic nitrogens is 4. The minimum atomic E-state index is -1.84. The van der Waals surface area contributed by atoms with E-state index >= 15 is 0 Å². The van der Waals surface area contributed by atoms with Crippen molar-refractivity contribution in [3.05, 3.63) is 65.6 Å². The van der Waals surface area contributed by atoms with Crippen molar-refractivity contribution in [3.8, 4) is 22.4 Å². The van der Waals surface area contributed by atoms with Crippen molar-refractivity contribution in [2.24, 2.45) is 5.92 Å². The molecule has 0 spiro atoms. The van der Waals surface area contributed by atoms with Crippen LogP contribution in [0.5, 0.6) is 0 Å². The van der Waals surface area contributed by atoms with Gasteiger partial charge in [0, 0.05) is 34.7 Å². The molecule has 0 bridgehead atoms. The molecule has 3 heterocycles. The Morgan fingerprint density at radius 1 is 1.09 bits per heavy atom. The van der Waals surface area contributed by atoms with Crippen LogP contribution in [0.3, 0.4) is 0 Å². The minimum Gasteiger partial charge on any atom is -0.479 e. The van der Waals surface area contributed by atoms with Crippen molar-refractivity contribution in [1.82, 2.24) is 19.6 Å². The first-order chi connectivity index (χ1) is 16.4. The lowest BCUT2D eigenvalue weighted by atomic mass is 9.78. The fourth-order valence-electron chi connectivity index (χ4n) is 4.71. The van der Waals surface area contributed by atoms with E-state index in [2.05, 4.69) is 10.1 Å². The van der Waals surface area contributed by atoms with Gasteiger partial charge in [0.15, 0.2) is 11.8 Å². The number of carboxylic acids is 1. The SMILES string of the molecule is Nc1c(Cl)c(C2CCC(C(F)C(=O)O)CC2)nc2c(-c3ccc(-c4ccccc4)nc3)cnn12. The number of nitrogens with zero attached hydrogens (tertiary/aromatic N) is 4. The third-order valence-corrected chi connectivity index (χ3v) is 6.99. The molecule has 5 rings (SSSR count). The Kier molecular flexibility index (Phi) is 5.91. The number of nitrogen functional groups attached to an aromatic ring is 1. The van der Waals surface area contributed by atoms with Gasteiger partial charge < -0.3 is 10.8 Å². The van der Waals surface area contributed by atoms with Crippen molar-refractivity contribution >= 4 is 29.0 Å². The van der Waals surface area contributed by atoms with E-state index in [-0.39, 0.29) is 11.7 Å². The molecule has 174 valence electrons. The number of halogens is 2. The van der Waals surface area contributed by atoms with Crippen LogP contribution in [0, 0.1) is 5.92 Å². The molecule has 1 aromatic carbocycles. The summed E-state index contributed by atoms with van der Waals surface area (Å²) in [5.41, 5.74) is 11.0. The second-order valence-corrected chi connectivity index (χ2v) is 9.02. The van der Waals surface area contributed by atoms with Crippen molar-refractivity contribution in [3.63, 3.8) is 0 Å². The zero-order chi connectivity index (χ0) is 23.8. The first-order valence-electron chi connectivity index (χ1n) is 11.2. The van der Waals surface area contributed by atoms with E-state index in [0.717, 1.165) is 22.4 Å². The summed E-state index contributed by atoms with van der Waals surface area (Å²) < 4.78 is 15.5. The van der Waals surface area contributed by atoms with Crippen LogP contribution in [-0.2, 0) is 4.79 Å². The highest BCUT2D eigenvalue weighted by molar-refractivity contribution is 6.33. The Morgan fingerprint density at radius 2 is 1.82 bits per heavy atom. The Hall–Kier alpha value is -3.52. The van der Waals surface area contributed by atoms with Crippen molar-refractivity contribution in [2.75, 3.05) is 5.73 Å². The largest absolute Gasteiger partial charge is 0.479 e. The first-order valence-corrected chi connectivity index (χ1v) is 11.5. The number of benzene rings is 1. The van der Waals surface area contributed by atoms with E-state index < -0.39 is 18.1 Å². The molecule has 9 heteroatoms. The van der Waals surface area contributed by atoms with Gasteiger partial charge in [-0.2, -0.15) is 9.61 Å². The van der Waals surface area contributed by atoms with E-state index in [1.165, 1.54) is 4.52 Å². The number of aliphatic carboxylic acids is 1. The Balaban J connectivity index is 1.46. The van der Waals surface area contributed by atoms with Crippen molar-refractivity contribution in [2.45, 2.75) is 37.8 Å². The van der Waals surface area contributed by atoms with Crippen LogP contribution >= 0.6 is 11.6 Å². The number of hydrogen-bond donors (Lipinski definition) is 2. The van der Waals surface area contributed by atoms with Crippen LogP contribution in [0.15, 0.2) is 54.9 Å². The van der Waals surface area contributed by atoms with Gasteiger partial charge in [-0.25, -0.2) is 14.2 Å². The Bertz CT molecular complexity index is 1340. The van der Waals surface area contributed by atoms with Crippen LogP contribution in [0.4, 0.5) is 10.2 Å². The van der Waals surface area contributed by atoms with Gasteiger partial charge in [0.25, 0.3) is 0 Å². The number of nitrogens with two attached hydrogens (primary N) is 1. The average Bonchev–Trinajstić information content (AvgIpc) is 3.30. The maximum atomic E-state index is 13.9. The number of carbonyl (C=O) groups is 1. The molecule has 1 aliphatic rings. The van der Waals surface area contributed by atoms with E-state index in [4.69, 9.17) is 27.4 Å². The van der Waals surface area contributed by atoms with Crippen LogP contribution in [0.1, 0.15) is 37.3 Å². The van der Waals surface area contributed by atoms with E-state index in [1.54, 1.807) is 12.4 Å². The molecule has 0 radical (unpaired) electrons. The van der Waals surface area contributed by atoms with E-state index in [9.17, 15) is 9.18 Å². The highest BCUT2D eigenvalue weighted by Gasteiger charge is 2.34. The Labute approximate surface area is 200 Å². The molecule has 7 nitrogen and oxygen atoms in total. The zero-order valence-electron chi connectivity index (χ0n) is 18.2. The van der Waals surface area contributed by atoms with Crippen LogP contribution < -0.4 is 5.73 Å². The summed E-state index contributed by atoms with van der Waals surface area (Å²) in [6, 6.07) is 13.8. The minimum absolute atomic E-state index is 0.0293. The Morgan fingerprint density at radius 3 is 2.47 bits per heavy atom. The summed E-state index contributed by atoms with van der Waals surface area (Å²) in [4.78, 5) is 20.4. The summed E-state index contributed by atoms with van der Waals surface area (Å²) >= 11 is 6.57. The summed E-state index contributed by atoms with van der Waals surface area (Å²) in [7, 11) is 0. The standard InChI is InChI=1S/C25H23ClFN5O2/c26-20-22(16-8-6-15(7-9-16)21(27)25(33)34)31-24-18(13-30-32(24)23(20)28)17-10-11-19(29-12-17)14-4-2-1-3-5-14/h1-5,10-13,15-16,21H,6-9,28H2,(H,33,34). The predicted octanol–water partition coefficient (Wildman–Crippen LogP) is 5.39. The molecule has 3 aromatic heterocycles. The topological polar surface area (TPSA) is 106 Å². The second kappa shape index (κ2) is 9.02. The normalized spacial score (nSPS) is 19.2. The van der Waals surface area contributed by atoms with Gasteiger partial charge in [-0.05, 0) is 31.7 Å². The number of pyridine rings is 1. The smallest absolute Gasteiger partial charge is 0.338 e. The third kappa shape index (κ3) is 3.98. The van der Waals surface area contributed by atoms with Crippen LogP contribution in [-0.4, -0.2) is 36.8 Å². The molecule has 1 aliphatic carbocycles. The van der Waals surface area contributed by atoms with E-state index in [0.29, 0.717) is 42.0 Å². The third-order valence-electron chi connectivity index (χ3n) is 6.60. The molecule has 0 aliphatic heterocycles. The lowest BCUT2D eigenvalue weighted by Crippen LogP contribution is -2.28. The van der Waals surface area contributed by atoms with Gasteiger partial charge in [-0.15, -0.1) is 0 Å². The molecule has 1 saturated carbocycles. The second-order valence-electron chi connectivity index (χ2n) is 8.64. The number of fused-ring (bicyclic) bond motifs is 1. The summed E-state index contributed by atoms with van der Waals surface area (Å²) in [6.45, 7) is 0. The lowest BCUT2D eigenvalue weighted by molar-refractivity contribution is -0.145. The monoisotopic (exact) mass is 479 g/mol. The molecule has 0 amide bonds. The highest BCUT2D eigenvalue weighted by Crippen LogP contribution is 2.41. The summed E-state index contributed by atoms with van der Waals surface area (Å²) in [5, 5.41) is 13.7. The van der Waals surface area contributed by atoms with Gasteiger partial charge in [0.1, 0.15) is 10.8 Å². The number of carboxylic acid groups (broad SMARTS) is 1. The van der Waals surface area contributed by atoms with Gasteiger partial charge in [0.2, 0.25) is 0 Å². The number of anilines is 1. The van der Waals surface area contributed by atoms with Crippen molar-refractivity contribution < 1.29 is 14.3 Å². The maximum Gasteiger partial charge on any atom is 0.338 e. The molecule has 1 atom stereocenters. The molecule has 1 unspecified atom stereocenters. The summed E-state index contributed by atoms with van der Waals surface area (Å²) in [5.74, 6) is -1.63. The van der Waals surface area contributed by atoms with Gasteiger partial charge in [-0.3, -0.25) is 4.98 Å². The molecule has 4 aromatic rings. The fourth-order valence-corrected chi connectivity index (χ4v) is 4.98. The molecular formula is C25H23ClFN5O2. The molecular weight excluding hydrogens is 457 g/mol. The zero-order valence-corrected chi connectivity index (χ0v) is 19.0. The van der Waals surface area contributed by atoms with Crippen molar-refractivity contribution in [1.29, 1.82) is 0 Å². The fraction of sp³-hybridized carbons (Fsp3) is 0.280. The van der Waals surface area contributed by atoms with Crippen LogP contribution in [0.2, 0.25) is 5.02 Å². The highest BCUT2D eigenvalue weighted by atomic mass is 35.5. The number of hydrogen-bond acceptors (Lipinski definition) is 5. The van der Waals surface area contributed by atoms with E-state index in [1.807, 2.05) is 42.5 Å². The maximum absolute atomic E-state index is 13.9. The number of rotatable bonds is 5. The molecule has 0 saturated heterocycles. The molecule has 3 N–H and O–H groups in total. The van der Waals surface area contributed by atoms with Gasteiger partial charge >= 0.3 is 5.97 Å². The molecule has 34 heavy (non-hydrogen) atoms. The van der Waals surface area contributed by atoms with Crippen LogP contribution in [0.25, 0.3) is 28.0 Å². The first kappa shape index (κ1) is 22.3. The van der Waals surface area contributed by atoms with Gasteiger partial charge in [-0.1, -0.05) is 48.0 Å². The predicted molar refractivity (Wildman–Crippen MR) is 128 cm³/mol. The quantitative estimate of drug-likeness (QED) is 0.397. The lowest BCUT2D eigenvalue weighted by Gasteiger charge is -2.29. The average molecular weight is 480 g/mol. The van der Waals surface area contributed by atoms with Gasteiger partial charge in [0.05, 0.1) is 17.6 Å². The number of alkyl halides is 1. The molecule has 1 fully saturated rings.